The van der Waals surface area contributed by atoms with Gasteiger partial charge in [-0.15, -0.1) is 0 Å². The number of benzene rings is 2. The van der Waals surface area contributed by atoms with Crippen LogP contribution in [0.4, 0.5) is 35.9 Å². The van der Waals surface area contributed by atoms with Gasteiger partial charge in [0.1, 0.15) is 5.82 Å². The van der Waals surface area contributed by atoms with Gasteiger partial charge in [0, 0.05) is 37.7 Å². The molecule has 0 unspecified atom stereocenters. The molecule has 2 spiro atoms. The van der Waals surface area contributed by atoms with E-state index in [0.717, 1.165) is 25.7 Å². The van der Waals surface area contributed by atoms with Crippen LogP contribution < -0.4 is 19.8 Å². The van der Waals surface area contributed by atoms with E-state index in [2.05, 4.69) is 14.9 Å². The zero-order valence-electron chi connectivity index (χ0n) is 24.9. The van der Waals surface area contributed by atoms with Crippen molar-refractivity contribution in [3.63, 3.8) is 0 Å². The molecule has 13 heteroatoms. The maximum Gasteiger partial charge on any atom is 0.257 e. The lowest BCUT2D eigenvalue weighted by molar-refractivity contribution is -0.128. The average molecular weight is 647 g/mol. The summed E-state index contributed by atoms with van der Waals surface area (Å²) in [5.74, 6) is -4.92. The zero-order valence-corrected chi connectivity index (χ0v) is 25.7. The lowest BCUT2D eigenvalue weighted by Gasteiger charge is -2.36. The van der Waals surface area contributed by atoms with E-state index in [-0.39, 0.29) is 47.4 Å². The number of anilines is 4. The molecule has 4 fully saturated rings. The van der Waals surface area contributed by atoms with Crippen LogP contribution in [0.25, 0.3) is 0 Å². The lowest BCUT2D eigenvalue weighted by Crippen LogP contribution is -2.45. The zero-order chi connectivity index (χ0) is 31.8. The van der Waals surface area contributed by atoms with Crippen LogP contribution in [0.15, 0.2) is 30.3 Å². The minimum absolute atomic E-state index is 0.0971. The van der Waals surface area contributed by atoms with E-state index in [1.807, 2.05) is 0 Å². The van der Waals surface area contributed by atoms with Crippen molar-refractivity contribution in [1.82, 2.24) is 0 Å². The number of nitrogens with zero attached hydrogens (tertiary/aromatic N) is 2. The van der Waals surface area contributed by atoms with E-state index in [9.17, 15) is 26.8 Å². The molecule has 45 heavy (non-hydrogen) atoms. The standard InChI is InChI=1S/C32H37F3N4O5S/c33-25-18-21(17-24-27(25)39(22-2-3-22)29(42)31(24)7-9-32(34,35)10-8-31)36-28(41)23-4-1-20(37-45(43,44)16-15-40)19-26(23)38-13-11-30(5-6-30)12-14-38/h1,4,17-19,22,37,40H,2-3,5-16H2,(H,36,41). The summed E-state index contributed by atoms with van der Waals surface area (Å²) < 4.78 is 71.4. The lowest BCUT2D eigenvalue weighted by atomic mass is 9.69. The number of aliphatic hydroxyl groups excluding tert-OH is 1. The van der Waals surface area contributed by atoms with Gasteiger partial charge in [-0.2, -0.15) is 0 Å². The predicted octanol–water partition coefficient (Wildman–Crippen LogP) is 5.15. The summed E-state index contributed by atoms with van der Waals surface area (Å²) in [4.78, 5) is 31.1. The van der Waals surface area contributed by atoms with Gasteiger partial charge in [-0.3, -0.25) is 14.3 Å². The van der Waals surface area contributed by atoms with Crippen molar-refractivity contribution < 1.29 is 36.3 Å². The first kappa shape index (κ1) is 30.3. The largest absolute Gasteiger partial charge is 0.395 e. The molecule has 9 nitrogen and oxygen atoms in total. The number of aliphatic hydroxyl groups is 1. The smallest absolute Gasteiger partial charge is 0.257 e. The number of rotatable bonds is 8. The Balaban J connectivity index is 1.21. The Morgan fingerprint density at radius 3 is 2.27 bits per heavy atom. The molecule has 3 N–H and O–H groups in total. The molecule has 3 aliphatic carbocycles. The highest BCUT2D eigenvalue weighted by molar-refractivity contribution is 7.92. The normalized spacial score (nSPS) is 22.9. The van der Waals surface area contributed by atoms with Gasteiger partial charge in [0.2, 0.25) is 21.9 Å². The number of fused-ring (bicyclic) bond motifs is 2. The van der Waals surface area contributed by atoms with Crippen molar-refractivity contribution in [3.8, 4) is 0 Å². The first-order valence-electron chi connectivity index (χ1n) is 15.7. The number of carbonyl (C=O) groups is 2. The van der Waals surface area contributed by atoms with Crippen molar-refractivity contribution in [1.29, 1.82) is 0 Å². The number of halogens is 3. The molecule has 0 atom stereocenters. The third kappa shape index (κ3) is 5.55. The second kappa shape index (κ2) is 10.6. The molecule has 2 heterocycles. The molecule has 2 amide bonds. The second-order valence-corrected chi connectivity index (χ2v) is 15.4. The molecule has 3 saturated carbocycles. The fraction of sp³-hybridized carbons (Fsp3) is 0.562. The van der Waals surface area contributed by atoms with Crippen molar-refractivity contribution >= 4 is 44.6 Å². The van der Waals surface area contributed by atoms with E-state index < -0.39 is 58.3 Å². The molecule has 242 valence electrons. The maximum absolute atomic E-state index is 15.8. The third-order valence-electron chi connectivity index (χ3n) is 10.5. The molecule has 0 bridgehead atoms. The number of piperidine rings is 1. The van der Waals surface area contributed by atoms with Crippen molar-refractivity contribution in [2.24, 2.45) is 5.41 Å². The van der Waals surface area contributed by atoms with Crippen LogP contribution in [0.3, 0.4) is 0 Å². The molecule has 2 aromatic rings. The van der Waals surface area contributed by atoms with Crippen molar-refractivity contribution in [2.45, 2.75) is 81.6 Å². The van der Waals surface area contributed by atoms with Crippen molar-refractivity contribution in [3.05, 3.63) is 47.3 Å². The van der Waals surface area contributed by atoms with E-state index in [1.165, 1.54) is 35.9 Å². The van der Waals surface area contributed by atoms with Crippen LogP contribution in [0.2, 0.25) is 0 Å². The maximum atomic E-state index is 15.8. The number of alkyl halides is 2. The van der Waals surface area contributed by atoms with Gasteiger partial charge in [0.05, 0.1) is 40.4 Å². The van der Waals surface area contributed by atoms with Crippen LogP contribution in [0.5, 0.6) is 0 Å². The Morgan fingerprint density at radius 1 is 0.956 bits per heavy atom. The Labute approximate surface area is 260 Å². The van der Waals surface area contributed by atoms with Crippen molar-refractivity contribution in [2.75, 3.05) is 45.3 Å². The predicted molar refractivity (Wildman–Crippen MR) is 164 cm³/mol. The van der Waals surface area contributed by atoms with E-state index in [1.54, 1.807) is 12.1 Å². The number of hydrogen-bond acceptors (Lipinski definition) is 6. The van der Waals surface area contributed by atoms with Gasteiger partial charge in [-0.25, -0.2) is 21.6 Å². The summed E-state index contributed by atoms with van der Waals surface area (Å²) in [7, 11) is -3.80. The SMILES string of the molecule is O=C(Nc1cc(F)c2c(c1)C1(CCC(F)(F)CC1)C(=O)N2C1CC1)c1ccc(NS(=O)(=O)CCO)cc1N1CCC2(CC1)CC2. The minimum atomic E-state index is -3.80. The number of carbonyl (C=O) groups excluding carboxylic acids is 2. The molecule has 2 aromatic carbocycles. The highest BCUT2D eigenvalue weighted by atomic mass is 32.2. The fourth-order valence-corrected chi connectivity index (χ4v) is 8.26. The molecule has 0 radical (unpaired) electrons. The Morgan fingerprint density at radius 2 is 1.64 bits per heavy atom. The van der Waals surface area contributed by atoms with Gasteiger partial charge in [0.25, 0.3) is 5.91 Å². The molecule has 5 aliphatic rings. The summed E-state index contributed by atoms with van der Waals surface area (Å²) in [6.07, 6.45) is 4.59. The number of nitrogens with one attached hydrogen (secondary N) is 2. The Kier molecular flexibility index (Phi) is 7.16. The highest BCUT2D eigenvalue weighted by Gasteiger charge is 2.58. The third-order valence-corrected chi connectivity index (χ3v) is 11.7. The van der Waals surface area contributed by atoms with Gasteiger partial charge in [-0.1, -0.05) is 0 Å². The Bertz CT molecular complexity index is 1650. The second-order valence-electron chi connectivity index (χ2n) is 13.5. The summed E-state index contributed by atoms with van der Waals surface area (Å²) >= 11 is 0. The average Bonchev–Trinajstić information content (AvgIpc) is 3.92. The molecular weight excluding hydrogens is 609 g/mol. The number of sulfonamides is 1. The van der Waals surface area contributed by atoms with Gasteiger partial charge >= 0.3 is 0 Å². The van der Waals surface area contributed by atoms with E-state index in [0.29, 0.717) is 29.8 Å². The van der Waals surface area contributed by atoms with Crippen LogP contribution >= 0.6 is 0 Å². The summed E-state index contributed by atoms with van der Waals surface area (Å²) in [5, 5.41) is 11.9. The number of amides is 2. The first-order chi connectivity index (χ1) is 21.3. The van der Waals surface area contributed by atoms with Crippen LogP contribution in [-0.2, 0) is 20.2 Å². The molecule has 0 aromatic heterocycles. The van der Waals surface area contributed by atoms with E-state index >= 15 is 4.39 Å². The fourth-order valence-electron chi connectivity index (χ4n) is 7.43. The summed E-state index contributed by atoms with van der Waals surface area (Å²) in [6, 6.07) is 7.16. The first-order valence-corrected chi connectivity index (χ1v) is 17.4. The topological polar surface area (TPSA) is 119 Å². The van der Waals surface area contributed by atoms with E-state index in [4.69, 9.17) is 5.11 Å². The van der Waals surface area contributed by atoms with Crippen LogP contribution in [0.1, 0.15) is 80.1 Å². The molecular formula is C32H37F3N4O5S. The quantitative estimate of drug-likeness (QED) is 0.365. The van der Waals surface area contributed by atoms with Gasteiger partial charge in [-0.05, 0) is 92.7 Å². The monoisotopic (exact) mass is 646 g/mol. The Hall–Kier alpha value is -3.32. The van der Waals surface area contributed by atoms with Gasteiger partial charge in [0.15, 0.2) is 0 Å². The summed E-state index contributed by atoms with van der Waals surface area (Å²) in [5.41, 5.74) is 0.731. The molecule has 2 aliphatic heterocycles. The van der Waals surface area contributed by atoms with Gasteiger partial charge < -0.3 is 20.2 Å². The molecule has 7 rings (SSSR count). The molecule has 1 saturated heterocycles. The minimum Gasteiger partial charge on any atom is -0.395 e. The van der Waals surface area contributed by atoms with Crippen LogP contribution in [0, 0.1) is 11.2 Å². The van der Waals surface area contributed by atoms with Crippen LogP contribution in [-0.4, -0.2) is 62.8 Å². The summed E-state index contributed by atoms with van der Waals surface area (Å²) in [6.45, 7) is 0.835. The highest BCUT2D eigenvalue weighted by Crippen LogP contribution is 2.57. The number of hydrogen-bond donors (Lipinski definition) is 3.